The summed E-state index contributed by atoms with van der Waals surface area (Å²) >= 11 is 0. The molecule has 0 saturated carbocycles. The maximum absolute atomic E-state index is 11.3. The van der Waals surface area contributed by atoms with Crippen molar-refractivity contribution in [3.8, 4) is 0 Å². The molecule has 1 heterocycles. The number of ketones is 1. The number of pyridine rings is 1. The molecule has 1 aromatic rings. The van der Waals surface area contributed by atoms with E-state index in [9.17, 15) is 9.59 Å². The molecule has 72 valence electrons. The smallest absolute Gasteiger partial charge is 0.284 e. The molecule has 0 radical (unpaired) electrons. The number of nitrogen functional groups attached to an aromatic ring is 1. The van der Waals surface area contributed by atoms with Gasteiger partial charge in [-0.15, -0.1) is 0 Å². The van der Waals surface area contributed by atoms with Gasteiger partial charge in [0.05, 0.1) is 5.56 Å². The lowest BCUT2D eigenvalue weighted by Crippen LogP contribution is -2.32. The molecule has 0 atom stereocenters. The van der Waals surface area contributed by atoms with Crippen molar-refractivity contribution >= 4 is 11.7 Å². The zero-order chi connectivity index (χ0) is 10.6. The second-order valence-electron chi connectivity index (χ2n) is 2.44. The number of carbonyl (C=O) groups is 2. The number of nitrogens with one attached hydrogen (secondary N) is 1. The largest absolute Gasteiger partial charge is 0.289 e. The SMILES string of the molecule is C=CC(=O)c1cccnc1C(=O)NN. The van der Waals surface area contributed by atoms with E-state index in [1.54, 1.807) is 6.07 Å². The van der Waals surface area contributed by atoms with Crippen LogP contribution in [0.3, 0.4) is 0 Å². The average molecular weight is 191 g/mol. The van der Waals surface area contributed by atoms with E-state index in [-0.39, 0.29) is 17.0 Å². The number of carbonyl (C=O) groups excluding carboxylic acids is 2. The van der Waals surface area contributed by atoms with Crippen molar-refractivity contribution in [3.63, 3.8) is 0 Å². The van der Waals surface area contributed by atoms with Gasteiger partial charge in [0.1, 0.15) is 5.69 Å². The highest BCUT2D eigenvalue weighted by Gasteiger charge is 2.14. The van der Waals surface area contributed by atoms with Gasteiger partial charge in [-0.25, -0.2) is 5.84 Å². The van der Waals surface area contributed by atoms with Crippen LogP contribution in [-0.4, -0.2) is 16.7 Å². The van der Waals surface area contributed by atoms with Crippen molar-refractivity contribution in [2.24, 2.45) is 5.84 Å². The fourth-order valence-corrected chi connectivity index (χ4v) is 0.963. The van der Waals surface area contributed by atoms with E-state index in [0.717, 1.165) is 6.08 Å². The topological polar surface area (TPSA) is 85.1 Å². The maximum Gasteiger partial charge on any atom is 0.284 e. The Hall–Kier alpha value is -2.01. The molecule has 0 aromatic carbocycles. The highest BCUT2D eigenvalue weighted by atomic mass is 16.2. The standard InChI is InChI=1S/C9H9N3O2/c1-2-7(13)6-4-3-5-11-8(6)9(14)12-10/h2-5H,1,10H2,(H,12,14). The third-order valence-electron chi connectivity index (χ3n) is 1.60. The van der Waals surface area contributed by atoms with Crippen LogP contribution in [0.2, 0.25) is 0 Å². The zero-order valence-electron chi connectivity index (χ0n) is 7.36. The van der Waals surface area contributed by atoms with Gasteiger partial charge in [0.2, 0.25) is 0 Å². The molecular weight excluding hydrogens is 182 g/mol. The predicted octanol–water partition coefficient (Wildman–Crippen LogP) is 0.0538. The lowest BCUT2D eigenvalue weighted by atomic mass is 10.1. The number of rotatable bonds is 3. The Kier molecular flexibility index (Phi) is 3.09. The van der Waals surface area contributed by atoms with Gasteiger partial charge in [0.15, 0.2) is 5.78 Å². The van der Waals surface area contributed by atoms with Crippen LogP contribution in [0, 0.1) is 0 Å². The van der Waals surface area contributed by atoms with Crippen molar-refractivity contribution in [2.45, 2.75) is 0 Å². The highest BCUT2D eigenvalue weighted by Crippen LogP contribution is 2.06. The zero-order valence-corrected chi connectivity index (χ0v) is 7.36. The number of amides is 1. The van der Waals surface area contributed by atoms with Gasteiger partial charge in [-0.05, 0) is 18.2 Å². The first-order valence-electron chi connectivity index (χ1n) is 3.83. The molecule has 5 heteroatoms. The van der Waals surface area contributed by atoms with Crippen LogP contribution in [0.15, 0.2) is 31.0 Å². The molecule has 0 aliphatic rings. The summed E-state index contributed by atoms with van der Waals surface area (Å²) in [5, 5.41) is 0. The first kappa shape index (κ1) is 10.1. The lowest BCUT2D eigenvalue weighted by Gasteiger charge is -2.02. The molecule has 0 unspecified atom stereocenters. The number of hydrogen-bond donors (Lipinski definition) is 2. The van der Waals surface area contributed by atoms with Crippen molar-refractivity contribution < 1.29 is 9.59 Å². The molecule has 0 aliphatic carbocycles. The quantitative estimate of drug-likeness (QED) is 0.232. The van der Waals surface area contributed by atoms with E-state index in [0.29, 0.717) is 0 Å². The van der Waals surface area contributed by atoms with Crippen LogP contribution < -0.4 is 11.3 Å². The molecule has 3 N–H and O–H groups in total. The van der Waals surface area contributed by atoms with Crippen LogP contribution in [0.5, 0.6) is 0 Å². The summed E-state index contributed by atoms with van der Waals surface area (Å²) in [6, 6.07) is 3.05. The molecule has 0 aliphatic heterocycles. The Bertz CT molecular complexity index is 387. The van der Waals surface area contributed by atoms with Crippen LogP contribution in [-0.2, 0) is 0 Å². The molecule has 5 nitrogen and oxygen atoms in total. The van der Waals surface area contributed by atoms with E-state index >= 15 is 0 Å². The Balaban J connectivity index is 3.22. The summed E-state index contributed by atoms with van der Waals surface area (Å²) in [5.74, 6) is 3.97. The molecular formula is C9H9N3O2. The molecule has 0 saturated heterocycles. The van der Waals surface area contributed by atoms with Gasteiger partial charge in [-0.1, -0.05) is 6.58 Å². The molecule has 14 heavy (non-hydrogen) atoms. The normalized spacial score (nSPS) is 9.21. The van der Waals surface area contributed by atoms with Gasteiger partial charge < -0.3 is 0 Å². The third-order valence-corrected chi connectivity index (χ3v) is 1.60. The van der Waals surface area contributed by atoms with Crippen LogP contribution in [0.1, 0.15) is 20.8 Å². The Labute approximate surface area is 80.6 Å². The maximum atomic E-state index is 11.3. The van der Waals surface area contributed by atoms with Gasteiger partial charge in [0.25, 0.3) is 5.91 Å². The number of nitrogens with two attached hydrogens (primary N) is 1. The minimum Gasteiger partial charge on any atom is -0.289 e. The first-order valence-corrected chi connectivity index (χ1v) is 3.83. The Morgan fingerprint density at radius 2 is 2.29 bits per heavy atom. The summed E-state index contributed by atoms with van der Waals surface area (Å²) in [6.07, 6.45) is 2.52. The summed E-state index contributed by atoms with van der Waals surface area (Å²) < 4.78 is 0. The van der Waals surface area contributed by atoms with E-state index in [1.165, 1.54) is 12.3 Å². The van der Waals surface area contributed by atoms with Crippen molar-refractivity contribution in [3.05, 3.63) is 42.2 Å². The minimum atomic E-state index is -0.601. The molecule has 0 bridgehead atoms. The minimum absolute atomic E-state index is 0.0000926. The summed E-state index contributed by atoms with van der Waals surface area (Å²) in [7, 11) is 0. The molecule has 1 amide bonds. The number of aromatic nitrogens is 1. The van der Waals surface area contributed by atoms with Crippen molar-refractivity contribution in [2.75, 3.05) is 0 Å². The summed E-state index contributed by atoms with van der Waals surface area (Å²) in [5.41, 5.74) is 2.10. The van der Waals surface area contributed by atoms with Gasteiger partial charge in [-0.2, -0.15) is 0 Å². The monoisotopic (exact) mass is 191 g/mol. The summed E-state index contributed by atoms with van der Waals surface area (Å²) in [6.45, 7) is 3.32. The molecule has 1 aromatic heterocycles. The predicted molar refractivity (Wildman–Crippen MR) is 50.4 cm³/mol. The number of hydrazine groups is 1. The van der Waals surface area contributed by atoms with Gasteiger partial charge in [-0.3, -0.25) is 20.0 Å². The van der Waals surface area contributed by atoms with Crippen LogP contribution >= 0.6 is 0 Å². The fourth-order valence-electron chi connectivity index (χ4n) is 0.963. The van der Waals surface area contributed by atoms with Crippen molar-refractivity contribution in [1.82, 2.24) is 10.4 Å². The summed E-state index contributed by atoms with van der Waals surface area (Å²) in [4.78, 5) is 26.2. The van der Waals surface area contributed by atoms with E-state index in [4.69, 9.17) is 5.84 Å². The average Bonchev–Trinajstić information content (AvgIpc) is 2.27. The Morgan fingerprint density at radius 3 is 2.86 bits per heavy atom. The Morgan fingerprint density at radius 1 is 1.57 bits per heavy atom. The van der Waals surface area contributed by atoms with E-state index in [1.807, 2.05) is 5.43 Å². The molecule has 0 spiro atoms. The molecule has 0 fully saturated rings. The number of hydrogen-bond acceptors (Lipinski definition) is 4. The number of allylic oxidation sites excluding steroid dienone is 1. The van der Waals surface area contributed by atoms with Crippen LogP contribution in [0.4, 0.5) is 0 Å². The van der Waals surface area contributed by atoms with Crippen LogP contribution in [0.25, 0.3) is 0 Å². The van der Waals surface area contributed by atoms with Gasteiger partial charge in [0, 0.05) is 6.20 Å². The first-order chi connectivity index (χ1) is 6.70. The number of nitrogens with zero attached hydrogens (tertiary/aromatic N) is 1. The van der Waals surface area contributed by atoms with Gasteiger partial charge >= 0.3 is 0 Å². The second-order valence-corrected chi connectivity index (χ2v) is 2.44. The van der Waals surface area contributed by atoms with E-state index < -0.39 is 5.91 Å². The highest BCUT2D eigenvalue weighted by molar-refractivity contribution is 6.11. The fraction of sp³-hybridized carbons (Fsp3) is 0. The molecule has 1 rings (SSSR count). The van der Waals surface area contributed by atoms with Crippen molar-refractivity contribution in [1.29, 1.82) is 0 Å². The third kappa shape index (κ3) is 1.83. The van der Waals surface area contributed by atoms with E-state index in [2.05, 4.69) is 11.6 Å². The lowest BCUT2D eigenvalue weighted by molar-refractivity contribution is 0.0938. The second kappa shape index (κ2) is 4.29.